The summed E-state index contributed by atoms with van der Waals surface area (Å²) in [4.78, 5) is 16.5. The summed E-state index contributed by atoms with van der Waals surface area (Å²) in [6.07, 6.45) is 4.52. The average molecular weight is 453 g/mol. The molecule has 2 aliphatic heterocycles. The lowest BCUT2D eigenvalue weighted by Gasteiger charge is -2.45. The van der Waals surface area contributed by atoms with Crippen molar-refractivity contribution in [3.63, 3.8) is 0 Å². The predicted octanol–water partition coefficient (Wildman–Crippen LogP) is 5.06. The molecule has 0 unspecified atom stereocenters. The zero-order chi connectivity index (χ0) is 23.1. The van der Waals surface area contributed by atoms with Crippen LogP contribution in [0, 0.1) is 11.6 Å². The maximum Gasteiger partial charge on any atom is 0.328 e. The smallest absolute Gasteiger partial charge is 0.328 e. The lowest BCUT2D eigenvalue weighted by atomic mass is 9.85. The van der Waals surface area contributed by atoms with E-state index < -0.39 is 23.6 Å². The van der Waals surface area contributed by atoms with Crippen LogP contribution in [0.1, 0.15) is 48.2 Å². The minimum Gasteiger partial charge on any atom is -0.478 e. The van der Waals surface area contributed by atoms with Crippen molar-refractivity contribution in [3.8, 4) is 0 Å². The Morgan fingerprint density at radius 3 is 2.70 bits per heavy atom. The molecule has 7 heteroatoms. The fraction of sp³-hybridized carbons (Fsp3) is 0.346. The van der Waals surface area contributed by atoms with Gasteiger partial charge in [-0.25, -0.2) is 13.6 Å². The highest BCUT2D eigenvalue weighted by atomic mass is 19.1. The number of H-pyrrole nitrogens is 1. The molecule has 5 nitrogen and oxygen atoms in total. The van der Waals surface area contributed by atoms with E-state index in [4.69, 9.17) is 9.84 Å². The molecule has 0 spiro atoms. The number of ether oxygens (including phenoxy) is 1. The average Bonchev–Trinajstić information content (AvgIpc) is 3.44. The topological polar surface area (TPSA) is 65.6 Å². The number of carboxylic acid groups (broad SMARTS) is 1. The Morgan fingerprint density at radius 1 is 1.27 bits per heavy atom. The van der Waals surface area contributed by atoms with E-state index in [9.17, 15) is 4.79 Å². The first kappa shape index (κ1) is 21.8. The summed E-state index contributed by atoms with van der Waals surface area (Å²) in [5.74, 6) is -2.54. The maximum atomic E-state index is 15.6. The number of nitrogens with one attached hydrogen (secondary N) is 1. The first-order valence-corrected chi connectivity index (χ1v) is 11.3. The summed E-state index contributed by atoms with van der Waals surface area (Å²) in [7, 11) is 0. The number of hydrogen-bond donors (Lipinski definition) is 2. The first-order valence-electron chi connectivity index (χ1n) is 11.3. The lowest BCUT2D eigenvalue weighted by Crippen LogP contribution is -2.50. The molecule has 0 amide bonds. The number of fused-ring (bicyclic) bond motifs is 3. The zero-order valence-electron chi connectivity index (χ0n) is 18.4. The van der Waals surface area contributed by atoms with E-state index in [0.29, 0.717) is 13.2 Å². The molecule has 2 aromatic carbocycles. The molecule has 5 rings (SSSR count). The molecule has 0 radical (unpaired) electrons. The molecular formula is C26H26F2N2O3. The molecule has 1 aromatic heterocycles. The van der Waals surface area contributed by atoms with Gasteiger partial charge in [0.2, 0.25) is 0 Å². The van der Waals surface area contributed by atoms with Crippen molar-refractivity contribution in [1.82, 2.24) is 9.88 Å². The first-order chi connectivity index (χ1) is 16.0. The number of carboxylic acids is 1. The summed E-state index contributed by atoms with van der Waals surface area (Å²) < 4.78 is 36.8. The highest BCUT2D eigenvalue weighted by Crippen LogP contribution is 2.45. The summed E-state index contributed by atoms with van der Waals surface area (Å²) in [5.41, 5.74) is 3.03. The van der Waals surface area contributed by atoms with Crippen LogP contribution in [0.15, 0.2) is 42.5 Å². The Kier molecular flexibility index (Phi) is 5.76. The molecule has 33 heavy (non-hydrogen) atoms. The highest BCUT2D eigenvalue weighted by Gasteiger charge is 2.43. The van der Waals surface area contributed by atoms with Gasteiger partial charge < -0.3 is 14.8 Å². The number of halogens is 2. The van der Waals surface area contributed by atoms with Crippen LogP contribution in [0.2, 0.25) is 0 Å². The Hall–Kier alpha value is -3.03. The maximum absolute atomic E-state index is 15.6. The number of hydrogen-bond acceptors (Lipinski definition) is 3. The van der Waals surface area contributed by atoms with Crippen LogP contribution in [0.25, 0.3) is 17.0 Å². The molecule has 3 aromatic rings. The molecular weight excluding hydrogens is 426 g/mol. The second-order valence-electron chi connectivity index (χ2n) is 8.77. The molecule has 1 saturated heterocycles. The van der Waals surface area contributed by atoms with Gasteiger partial charge >= 0.3 is 5.97 Å². The number of nitrogens with zero attached hydrogens (tertiary/aromatic N) is 1. The number of benzene rings is 2. The van der Waals surface area contributed by atoms with Crippen molar-refractivity contribution in [2.75, 3.05) is 13.2 Å². The van der Waals surface area contributed by atoms with Crippen LogP contribution in [0.3, 0.4) is 0 Å². The number of aromatic nitrogens is 1. The van der Waals surface area contributed by atoms with Crippen LogP contribution in [-0.2, 0) is 16.0 Å². The quantitative estimate of drug-likeness (QED) is 0.531. The van der Waals surface area contributed by atoms with E-state index in [-0.39, 0.29) is 23.2 Å². The highest BCUT2D eigenvalue weighted by molar-refractivity contribution is 5.86. The van der Waals surface area contributed by atoms with Gasteiger partial charge in [0.05, 0.1) is 12.6 Å². The Labute approximate surface area is 190 Å². The van der Waals surface area contributed by atoms with Crippen molar-refractivity contribution < 1.29 is 23.4 Å². The van der Waals surface area contributed by atoms with Gasteiger partial charge in [0.1, 0.15) is 11.6 Å². The lowest BCUT2D eigenvalue weighted by molar-refractivity contribution is -0.131. The van der Waals surface area contributed by atoms with Crippen LogP contribution < -0.4 is 0 Å². The van der Waals surface area contributed by atoms with Gasteiger partial charge in [-0.05, 0) is 54.7 Å². The number of rotatable bonds is 5. The molecule has 172 valence electrons. The Morgan fingerprint density at radius 2 is 2.03 bits per heavy atom. The predicted molar refractivity (Wildman–Crippen MR) is 122 cm³/mol. The van der Waals surface area contributed by atoms with E-state index in [0.717, 1.165) is 47.5 Å². The van der Waals surface area contributed by atoms with Gasteiger partial charge in [-0.1, -0.05) is 25.1 Å². The van der Waals surface area contributed by atoms with Crippen LogP contribution in [-0.4, -0.2) is 46.3 Å². The van der Waals surface area contributed by atoms with E-state index in [1.807, 2.05) is 18.2 Å². The van der Waals surface area contributed by atoms with Gasteiger partial charge in [0.15, 0.2) is 0 Å². The van der Waals surface area contributed by atoms with Crippen LogP contribution in [0.5, 0.6) is 0 Å². The Bertz CT molecular complexity index is 1210. The SMILES string of the molecule is CC[C@@H]1Cc2c([nH]c3ccccc23)[C@@H](c2c(F)cc(/C=C/C(=O)O)cc2F)N1[C@@H]1CCOC1. The molecule has 3 heterocycles. The number of aliphatic carboxylic acids is 1. The minimum absolute atomic E-state index is 0.0136. The number of aromatic amines is 1. The monoisotopic (exact) mass is 452 g/mol. The van der Waals surface area contributed by atoms with Crippen molar-refractivity contribution in [2.45, 2.75) is 44.3 Å². The minimum atomic E-state index is -1.17. The molecule has 2 N–H and O–H groups in total. The van der Waals surface area contributed by atoms with Crippen molar-refractivity contribution >= 4 is 22.9 Å². The van der Waals surface area contributed by atoms with E-state index in [1.165, 1.54) is 18.2 Å². The summed E-state index contributed by atoms with van der Waals surface area (Å²) in [5, 5.41) is 9.95. The third-order valence-electron chi connectivity index (χ3n) is 6.87. The molecule has 0 bridgehead atoms. The van der Waals surface area contributed by atoms with E-state index >= 15 is 8.78 Å². The van der Waals surface area contributed by atoms with Crippen LogP contribution >= 0.6 is 0 Å². The van der Waals surface area contributed by atoms with E-state index in [1.54, 1.807) is 0 Å². The summed E-state index contributed by atoms with van der Waals surface area (Å²) in [6, 6.07) is 9.92. The van der Waals surface area contributed by atoms with Gasteiger partial charge in [-0.3, -0.25) is 4.90 Å². The third kappa shape index (κ3) is 3.85. The standard InChI is InChI=1S/C26H26F2N2O3/c1-2-16-13-19-18-5-3-4-6-22(18)29-25(19)26(30(16)17-9-10-33-14-17)24-20(27)11-15(12-21(24)28)7-8-23(31)32/h3-8,11-12,16-17,26,29H,2,9-10,13-14H2,1H3,(H,31,32)/b8-7+/t16-,17-,26-/m1/s1. The second-order valence-corrected chi connectivity index (χ2v) is 8.77. The molecule has 3 atom stereocenters. The van der Waals surface area contributed by atoms with Crippen LogP contribution in [0.4, 0.5) is 8.78 Å². The molecule has 0 saturated carbocycles. The summed E-state index contributed by atoms with van der Waals surface area (Å²) >= 11 is 0. The third-order valence-corrected chi connectivity index (χ3v) is 6.87. The fourth-order valence-electron chi connectivity index (χ4n) is 5.42. The van der Waals surface area contributed by atoms with Crippen molar-refractivity contribution in [3.05, 3.63) is 76.5 Å². The van der Waals surface area contributed by atoms with Crippen molar-refractivity contribution in [2.24, 2.45) is 0 Å². The number of para-hydroxylation sites is 1. The van der Waals surface area contributed by atoms with Gasteiger partial charge in [0.25, 0.3) is 0 Å². The normalized spacial score (nSPS) is 23.4. The van der Waals surface area contributed by atoms with Crippen molar-refractivity contribution in [1.29, 1.82) is 0 Å². The number of carbonyl (C=O) groups is 1. The fourth-order valence-corrected chi connectivity index (χ4v) is 5.42. The second kappa shape index (κ2) is 8.72. The zero-order valence-corrected chi connectivity index (χ0v) is 18.4. The summed E-state index contributed by atoms with van der Waals surface area (Å²) in [6.45, 7) is 3.27. The largest absolute Gasteiger partial charge is 0.478 e. The molecule has 0 aliphatic carbocycles. The Balaban J connectivity index is 1.71. The van der Waals surface area contributed by atoms with Gasteiger partial charge in [0, 0.05) is 46.9 Å². The molecule has 1 fully saturated rings. The van der Waals surface area contributed by atoms with Gasteiger partial charge in [-0.15, -0.1) is 0 Å². The van der Waals surface area contributed by atoms with E-state index in [2.05, 4.69) is 22.9 Å². The van der Waals surface area contributed by atoms with Gasteiger partial charge in [-0.2, -0.15) is 0 Å². The molecule has 2 aliphatic rings.